The van der Waals surface area contributed by atoms with E-state index in [2.05, 4.69) is 10.1 Å². The highest BCUT2D eigenvalue weighted by Gasteiger charge is 2.14. The molecular weight excluding hydrogens is 286 g/mol. The van der Waals surface area contributed by atoms with Crippen LogP contribution in [0.1, 0.15) is 20.8 Å². The SMILES string of the molecule is COC(=O)c1sccc1NC(=O)/C=C/c1ccccc1C. The Morgan fingerprint density at radius 3 is 2.71 bits per heavy atom. The lowest BCUT2D eigenvalue weighted by molar-refractivity contribution is -0.111. The molecule has 5 heteroatoms. The van der Waals surface area contributed by atoms with Crippen molar-refractivity contribution in [2.45, 2.75) is 6.92 Å². The van der Waals surface area contributed by atoms with Crippen LogP contribution in [0.25, 0.3) is 6.08 Å². The van der Waals surface area contributed by atoms with Crippen LogP contribution in [0.4, 0.5) is 5.69 Å². The number of thiophene rings is 1. The zero-order chi connectivity index (χ0) is 15.2. The molecule has 1 heterocycles. The monoisotopic (exact) mass is 301 g/mol. The maximum atomic E-state index is 11.9. The topological polar surface area (TPSA) is 55.4 Å². The van der Waals surface area contributed by atoms with Crippen LogP contribution in [0, 0.1) is 6.92 Å². The van der Waals surface area contributed by atoms with Crippen molar-refractivity contribution >= 4 is 35.0 Å². The predicted octanol–water partition coefficient (Wildman–Crippen LogP) is 3.50. The first kappa shape index (κ1) is 15.0. The number of methoxy groups -OCH3 is 1. The van der Waals surface area contributed by atoms with E-state index in [0.717, 1.165) is 11.1 Å². The summed E-state index contributed by atoms with van der Waals surface area (Å²) in [6, 6.07) is 9.45. The molecule has 1 aromatic carbocycles. The third-order valence-electron chi connectivity index (χ3n) is 2.90. The quantitative estimate of drug-likeness (QED) is 0.694. The van der Waals surface area contributed by atoms with Crippen LogP contribution in [-0.4, -0.2) is 19.0 Å². The second-order valence-electron chi connectivity index (χ2n) is 4.33. The summed E-state index contributed by atoms with van der Waals surface area (Å²) in [5, 5.41) is 4.41. The van der Waals surface area contributed by atoms with Crippen molar-refractivity contribution in [3.8, 4) is 0 Å². The normalized spacial score (nSPS) is 10.6. The summed E-state index contributed by atoms with van der Waals surface area (Å²) in [4.78, 5) is 23.8. The molecule has 0 fully saturated rings. The van der Waals surface area contributed by atoms with Gasteiger partial charge in [-0.25, -0.2) is 4.79 Å². The number of esters is 1. The van der Waals surface area contributed by atoms with Gasteiger partial charge in [-0.1, -0.05) is 24.3 Å². The second-order valence-corrected chi connectivity index (χ2v) is 5.25. The van der Waals surface area contributed by atoms with Crippen LogP contribution in [0.2, 0.25) is 0 Å². The van der Waals surface area contributed by atoms with Crippen molar-refractivity contribution in [3.63, 3.8) is 0 Å². The lowest BCUT2D eigenvalue weighted by atomic mass is 10.1. The molecular formula is C16H15NO3S. The minimum atomic E-state index is -0.455. The summed E-state index contributed by atoms with van der Waals surface area (Å²) in [5.41, 5.74) is 2.53. The van der Waals surface area contributed by atoms with E-state index in [4.69, 9.17) is 0 Å². The zero-order valence-electron chi connectivity index (χ0n) is 11.8. The van der Waals surface area contributed by atoms with Gasteiger partial charge >= 0.3 is 5.97 Å². The van der Waals surface area contributed by atoms with Crippen molar-refractivity contribution in [1.82, 2.24) is 0 Å². The standard InChI is InChI=1S/C16H15NO3S/c1-11-5-3-4-6-12(11)7-8-14(18)17-13-9-10-21-15(13)16(19)20-2/h3-10H,1-2H3,(H,17,18)/b8-7+. The predicted molar refractivity (Wildman–Crippen MR) is 84.5 cm³/mol. The van der Waals surface area contributed by atoms with Crippen molar-refractivity contribution in [1.29, 1.82) is 0 Å². The van der Waals surface area contributed by atoms with Gasteiger partial charge in [0.2, 0.25) is 5.91 Å². The van der Waals surface area contributed by atoms with E-state index in [1.807, 2.05) is 31.2 Å². The van der Waals surface area contributed by atoms with E-state index in [1.54, 1.807) is 17.5 Å². The molecule has 0 spiro atoms. The highest BCUT2D eigenvalue weighted by molar-refractivity contribution is 7.12. The molecule has 0 radical (unpaired) electrons. The van der Waals surface area contributed by atoms with Crippen LogP contribution >= 0.6 is 11.3 Å². The fraction of sp³-hybridized carbons (Fsp3) is 0.125. The van der Waals surface area contributed by atoms with Crippen LogP contribution in [0.3, 0.4) is 0 Å². The summed E-state index contributed by atoms with van der Waals surface area (Å²) in [6.07, 6.45) is 3.19. The van der Waals surface area contributed by atoms with E-state index in [-0.39, 0.29) is 5.91 Å². The fourth-order valence-corrected chi connectivity index (χ4v) is 2.54. The molecule has 4 nitrogen and oxygen atoms in total. The molecule has 1 amide bonds. The number of benzene rings is 1. The van der Waals surface area contributed by atoms with E-state index in [0.29, 0.717) is 10.6 Å². The highest BCUT2D eigenvalue weighted by Crippen LogP contribution is 2.23. The Morgan fingerprint density at radius 2 is 2.00 bits per heavy atom. The first-order chi connectivity index (χ1) is 10.1. The Labute approximate surface area is 127 Å². The van der Waals surface area contributed by atoms with Crippen LogP contribution in [0.15, 0.2) is 41.8 Å². The lowest BCUT2D eigenvalue weighted by Crippen LogP contribution is -2.10. The van der Waals surface area contributed by atoms with Gasteiger partial charge in [0, 0.05) is 6.08 Å². The molecule has 1 N–H and O–H groups in total. The first-order valence-electron chi connectivity index (χ1n) is 6.32. The average molecular weight is 301 g/mol. The van der Waals surface area contributed by atoms with Gasteiger partial charge in [0.15, 0.2) is 0 Å². The molecule has 0 aliphatic heterocycles. The van der Waals surface area contributed by atoms with Gasteiger partial charge < -0.3 is 10.1 Å². The van der Waals surface area contributed by atoms with E-state index in [9.17, 15) is 9.59 Å². The molecule has 1 aromatic heterocycles. The maximum Gasteiger partial charge on any atom is 0.350 e. The van der Waals surface area contributed by atoms with Gasteiger partial charge in [0.05, 0.1) is 12.8 Å². The third kappa shape index (κ3) is 3.79. The van der Waals surface area contributed by atoms with Gasteiger partial charge in [-0.2, -0.15) is 0 Å². The van der Waals surface area contributed by atoms with Gasteiger partial charge in [0.1, 0.15) is 4.88 Å². The number of anilines is 1. The van der Waals surface area contributed by atoms with Crippen molar-refractivity contribution in [2.24, 2.45) is 0 Å². The second kappa shape index (κ2) is 6.85. The third-order valence-corrected chi connectivity index (χ3v) is 3.79. The molecule has 2 rings (SSSR count). The first-order valence-corrected chi connectivity index (χ1v) is 7.20. The van der Waals surface area contributed by atoms with Crippen LogP contribution in [0.5, 0.6) is 0 Å². The smallest absolute Gasteiger partial charge is 0.350 e. The number of ether oxygens (including phenoxy) is 1. The Balaban J connectivity index is 2.08. The number of nitrogens with one attached hydrogen (secondary N) is 1. The number of hydrogen-bond donors (Lipinski definition) is 1. The largest absolute Gasteiger partial charge is 0.465 e. The number of carbonyl (C=O) groups is 2. The van der Waals surface area contributed by atoms with Gasteiger partial charge in [0.25, 0.3) is 0 Å². The summed E-state index contributed by atoms with van der Waals surface area (Å²) in [5.74, 6) is -0.745. The number of hydrogen-bond acceptors (Lipinski definition) is 4. The zero-order valence-corrected chi connectivity index (χ0v) is 12.6. The van der Waals surface area contributed by atoms with Crippen molar-refractivity contribution in [3.05, 3.63) is 57.8 Å². The summed E-state index contributed by atoms with van der Waals surface area (Å²) >= 11 is 1.23. The summed E-state index contributed by atoms with van der Waals surface area (Å²) in [7, 11) is 1.31. The Bertz CT molecular complexity index is 688. The molecule has 21 heavy (non-hydrogen) atoms. The highest BCUT2D eigenvalue weighted by atomic mass is 32.1. The van der Waals surface area contributed by atoms with Gasteiger partial charge in [-0.15, -0.1) is 11.3 Å². The van der Waals surface area contributed by atoms with E-state index < -0.39 is 5.97 Å². The summed E-state index contributed by atoms with van der Waals surface area (Å²) in [6.45, 7) is 1.98. The van der Waals surface area contributed by atoms with E-state index in [1.165, 1.54) is 24.5 Å². The molecule has 0 saturated heterocycles. The van der Waals surface area contributed by atoms with Gasteiger partial charge in [-0.05, 0) is 35.6 Å². The number of carbonyl (C=O) groups excluding carboxylic acids is 2. The molecule has 0 atom stereocenters. The number of aryl methyl sites for hydroxylation is 1. The van der Waals surface area contributed by atoms with E-state index >= 15 is 0 Å². The molecule has 0 aliphatic carbocycles. The fourth-order valence-electron chi connectivity index (χ4n) is 1.77. The Morgan fingerprint density at radius 1 is 1.24 bits per heavy atom. The maximum absolute atomic E-state index is 11.9. The van der Waals surface area contributed by atoms with Crippen LogP contribution in [-0.2, 0) is 9.53 Å². The Hall–Kier alpha value is -2.40. The average Bonchev–Trinajstić information content (AvgIpc) is 2.93. The van der Waals surface area contributed by atoms with Gasteiger partial charge in [-0.3, -0.25) is 4.79 Å². The van der Waals surface area contributed by atoms with Crippen LogP contribution < -0.4 is 5.32 Å². The molecule has 108 valence electrons. The minimum Gasteiger partial charge on any atom is -0.465 e. The van der Waals surface area contributed by atoms with Crippen molar-refractivity contribution < 1.29 is 14.3 Å². The lowest BCUT2D eigenvalue weighted by Gasteiger charge is -2.03. The molecule has 2 aromatic rings. The molecule has 0 saturated carbocycles. The molecule has 0 bridgehead atoms. The minimum absolute atomic E-state index is 0.290. The van der Waals surface area contributed by atoms with Crippen molar-refractivity contribution in [2.75, 3.05) is 12.4 Å². The Kier molecular flexibility index (Phi) is 4.90. The molecule has 0 aliphatic rings. The molecule has 0 unspecified atom stereocenters. The summed E-state index contributed by atoms with van der Waals surface area (Å²) < 4.78 is 4.66. The number of rotatable bonds is 4. The number of amides is 1.